The van der Waals surface area contributed by atoms with Crippen molar-refractivity contribution in [2.75, 3.05) is 18.0 Å². The SMILES string of the molecule is NC[C@H]1CCCN1c1ccc(-n2ccc(OCc3ccc(Cl)cn3)cc2=O)c(=O)[nH]1. The van der Waals surface area contributed by atoms with E-state index in [1.54, 1.807) is 24.3 Å². The second-order valence-corrected chi connectivity index (χ2v) is 7.55. The Kier molecular flexibility index (Phi) is 5.87. The van der Waals surface area contributed by atoms with Crippen molar-refractivity contribution in [3.05, 3.63) is 80.2 Å². The van der Waals surface area contributed by atoms with Crippen molar-refractivity contribution in [2.45, 2.75) is 25.5 Å². The van der Waals surface area contributed by atoms with Gasteiger partial charge in [-0.05, 0) is 43.2 Å². The average Bonchev–Trinajstić information content (AvgIpc) is 3.23. The lowest BCUT2D eigenvalue weighted by atomic mass is 10.2. The molecule has 0 spiro atoms. The number of anilines is 1. The van der Waals surface area contributed by atoms with E-state index in [0.29, 0.717) is 23.0 Å². The Morgan fingerprint density at radius 1 is 1.23 bits per heavy atom. The van der Waals surface area contributed by atoms with Gasteiger partial charge < -0.3 is 20.4 Å². The van der Waals surface area contributed by atoms with E-state index in [1.165, 1.54) is 23.0 Å². The van der Waals surface area contributed by atoms with Gasteiger partial charge in [-0.1, -0.05) is 11.6 Å². The van der Waals surface area contributed by atoms with Gasteiger partial charge >= 0.3 is 0 Å². The summed E-state index contributed by atoms with van der Waals surface area (Å²) in [4.78, 5) is 34.3. The number of aromatic amines is 1. The van der Waals surface area contributed by atoms with E-state index < -0.39 is 0 Å². The number of aromatic nitrogens is 3. The first kappa shape index (κ1) is 20.2. The van der Waals surface area contributed by atoms with Crippen LogP contribution >= 0.6 is 11.6 Å². The first-order valence-corrected chi connectivity index (χ1v) is 10.1. The zero-order chi connectivity index (χ0) is 21.1. The van der Waals surface area contributed by atoms with E-state index in [2.05, 4.69) is 14.9 Å². The second kappa shape index (κ2) is 8.73. The van der Waals surface area contributed by atoms with E-state index >= 15 is 0 Å². The third-order valence-electron chi connectivity index (χ3n) is 5.16. The lowest BCUT2D eigenvalue weighted by Gasteiger charge is -2.25. The van der Waals surface area contributed by atoms with Gasteiger partial charge in [0, 0.05) is 37.6 Å². The number of halogens is 1. The average molecular weight is 428 g/mol. The van der Waals surface area contributed by atoms with Crippen LogP contribution < -0.4 is 26.5 Å². The number of hydrogen-bond donors (Lipinski definition) is 2. The largest absolute Gasteiger partial charge is 0.487 e. The molecule has 156 valence electrons. The molecule has 9 heteroatoms. The normalized spacial score (nSPS) is 16.1. The van der Waals surface area contributed by atoms with Crippen LogP contribution in [-0.2, 0) is 6.61 Å². The van der Waals surface area contributed by atoms with Crippen molar-refractivity contribution in [3.63, 3.8) is 0 Å². The molecule has 3 aromatic heterocycles. The molecule has 8 nitrogen and oxygen atoms in total. The fraction of sp³-hybridized carbons (Fsp3) is 0.286. The Morgan fingerprint density at radius 3 is 2.80 bits per heavy atom. The topological polar surface area (TPSA) is 106 Å². The van der Waals surface area contributed by atoms with Gasteiger partial charge in [0.05, 0.1) is 10.7 Å². The third-order valence-corrected chi connectivity index (χ3v) is 5.38. The number of ether oxygens (including phenoxy) is 1. The highest BCUT2D eigenvalue weighted by Gasteiger charge is 2.24. The van der Waals surface area contributed by atoms with Crippen LogP contribution in [0.5, 0.6) is 5.75 Å². The molecule has 0 amide bonds. The Hall–Kier alpha value is -3.10. The number of nitrogens with two attached hydrogens (primary N) is 1. The summed E-state index contributed by atoms with van der Waals surface area (Å²) < 4.78 is 6.91. The monoisotopic (exact) mass is 427 g/mol. The van der Waals surface area contributed by atoms with Crippen molar-refractivity contribution in [1.29, 1.82) is 0 Å². The fourth-order valence-electron chi connectivity index (χ4n) is 3.61. The number of rotatable bonds is 6. The van der Waals surface area contributed by atoms with Crippen LogP contribution in [0.4, 0.5) is 5.82 Å². The van der Waals surface area contributed by atoms with Gasteiger partial charge in [-0.25, -0.2) is 0 Å². The van der Waals surface area contributed by atoms with Gasteiger partial charge in [0.2, 0.25) is 0 Å². The van der Waals surface area contributed by atoms with Gasteiger partial charge in [-0.15, -0.1) is 0 Å². The fourth-order valence-corrected chi connectivity index (χ4v) is 3.72. The first-order chi connectivity index (χ1) is 14.5. The summed E-state index contributed by atoms with van der Waals surface area (Å²) in [5.74, 6) is 1.11. The highest BCUT2D eigenvalue weighted by atomic mass is 35.5. The van der Waals surface area contributed by atoms with Gasteiger partial charge in [-0.3, -0.25) is 19.1 Å². The number of H-pyrrole nitrogens is 1. The summed E-state index contributed by atoms with van der Waals surface area (Å²) in [7, 11) is 0. The zero-order valence-corrected chi connectivity index (χ0v) is 17.0. The molecular weight excluding hydrogens is 406 g/mol. The van der Waals surface area contributed by atoms with Crippen molar-refractivity contribution in [3.8, 4) is 11.4 Å². The van der Waals surface area contributed by atoms with E-state index in [0.717, 1.165) is 25.2 Å². The minimum Gasteiger partial charge on any atom is -0.487 e. The number of nitrogens with one attached hydrogen (secondary N) is 1. The smallest absolute Gasteiger partial charge is 0.273 e. The van der Waals surface area contributed by atoms with E-state index in [9.17, 15) is 9.59 Å². The molecule has 1 atom stereocenters. The van der Waals surface area contributed by atoms with Crippen LogP contribution in [0.25, 0.3) is 5.69 Å². The predicted octanol–water partition coefficient (Wildman–Crippen LogP) is 2.08. The van der Waals surface area contributed by atoms with Crippen molar-refractivity contribution >= 4 is 17.4 Å². The number of pyridine rings is 3. The van der Waals surface area contributed by atoms with Crippen LogP contribution in [0.3, 0.4) is 0 Å². The highest BCUT2D eigenvalue weighted by molar-refractivity contribution is 6.30. The minimum absolute atomic E-state index is 0.202. The molecule has 0 aromatic carbocycles. The summed E-state index contributed by atoms with van der Waals surface area (Å²) >= 11 is 5.82. The number of nitrogens with zero attached hydrogens (tertiary/aromatic N) is 3. The van der Waals surface area contributed by atoms with Crippen molar-refractivity contribution < 1.29 is 4.74 Å². The summed E-state index contributed by atoms with van der Waals surface area (Å²) in [5.41, 5.74) is 6.06. The highest BCUT2D eigenvalue weighted by Crippen LogP contribution is 2.22. The number of hydrogen-bond acceptors (Lipinski definition) is 6. The molecule has 4 heterocycles. The molecule has 0 saturated carbocycles. The molecule has 3 aromatic rings. The summed E-state index contributed by atoms with van der Waals surface area (Å²) in [6, 6.07) is 10.1. The lowest BCUT2D eigenvalue weighted by Crippen LogP contribution is -2.37. The van der Waals surface area contributed by atoms with Gasteiger partial charge in [-0.2, -0.15) is 0 Å². The molecule has 0 bridgehead atoms. The molecule has 1 aliphatic heterocycles. The van der Waals surface area contributed by atoms with Crippen LogP contribution in [0, 0.1) is 0 Å². The second-order valence-electron chi connectivity index (χ2n) is 7.11. The Balaban J connectivity index is 1.52. The summed E-state index contributed by atoms with van der Waals surface area (Å²) in [5, 5.41) is 0.542. The molecule has 0 aliphatic carbocycles. The Labute approximate surface area is 177 Å². The minimum atomic E-state index is -0.365. The quantitative estimate of drug-likeness (QED) is 0.623. The molecule has 3 N–H and O–H groups in total. The van der Waals surface area contributed by atoms with Crippen LogP contribution in [0.15, 0.2) is 58.4 Å². The van der Waals surface area contributed by atoms with Crippen LogP contribution in [0.2, 0.25) is 5.02 Å². The van der Waals surface area contributed by atoms with E-state index in [-0.39, 0.29) is 29.5 Å². The van der Waals surface area contributed by atoms with E-state index in [1.807, 2.05) is 6.07 Å². The molecule has 0 unspecified atom stereocenters. The van der Waals surface area contributed by atoms with Crippen LogP contribution in [-0.4, -0.2) is 33.7 Å². The van der Waals surface area contributed by atoms with Gasteiger partial charge in [0.1, 0.15) is 23.9 Å². The van der Waals surface area contributed by atoms with Gasteiger partial charge in [0.15, 0.2) is 0 Å². The summed E-state index contributed by atoms with van der Waals surface area (Å²) in [6.07, 6.45) is 5.10. The standard InChI is InChI=1S/C21H22ClN5O3/c22-14-3-4-15(24-12-14)13-30-17-7-9-27(20(28)10-17)18-5-6-19(25-21(18)29)26-8-1-2-16(26)11-23/h3-7,9-10,12,16H,1-2,8,11,13,23H2,(H,25,29)/t16-/m1/s1. The molecule has 1 fully saturated rings. The molecular formula is C21H22ClN5O3. The molecule has 4 rings (SSSR count). The molecule has 30 heavy (non-hydrogen) atoms. The maximum absolute atomic E-state index is 12.6. The molecule has 1 saturated heterocycles. The van der Waals surface area contributed by atoms with Gasteiger partial charge in [0.25, 0.3) is 11.1 Å². The Morgan fingerprint density at radius 2 is 2.10 bits per heavy atom. The lowest BCUT2D eigenvalue weighted by molar-refractivity contribution is 0.300. The summed E-state index contributed by atoms with van der Waals surface area (Å²) in [6.45, 7) is 1.59. The first-order valence-electron chi connectivity index (χ1n) is 9.71. The zero-order valence-electron chi connectivity index (χ0n) is 16.3. The van der Waals surface area contributed by atoms with Crippen molar-refractivity contribution in [1.82, 2.24) is 14.5 Å². The van der Waals surface area contributed by atoms with Crippen LogP contribution in [0.1, 0.15) is 18.5 Å². The molecule has 1 aliphatic rings. The maximum atomic E-state index is 12.6. The Bertz CT molecular complexity index is 1140. The van der Waals surface area contributed by atoms with Crippen molar-refractivity contribution in [2.24, 2.45) is 5.73 Å². The van der Waals surface area contributed by atoms with E-state index in [4.69, 9.17) is 22.1 Å². The predicted molar refractivity (Wildman–Crippen MR) is 116 cm³/mol. The molecule has 0 radical (unpaired) electrons. The third kappa shape index (κ3) is 4.24. The maximum Gasteiger partial charge on any atom is 0.273 e.